The highest BCUT2D eigenvalue weighted by Crippen LogP contribution is 2.07. The highest BCUT2D eigenvalue weighted by atomic mass is 15.2. The summed E-state index contributed by atoms with van der Waals surface area (Å²) in [6.45, 7) is 4.99. The molecule has 0 aliphatic rings. The molecule has 0 spiro atoms. The molecule has 0 saturated heterocycles. The third kappa shape index (κ3) is 3.74. The summed E-state index contributed by atoms with van der Waals surface area (Å²) in [5.74, 6) is 0.630. The lowest BCUT2D eigenvalue weighted by atomic mass is 10.1. The Bertz CT molecular complexity index is 511. The summed E-state index contributed by atoms with van der Waals surface area (Å²) in [7, 11) is 0. The van der Waals surface area contributed by atoms with Crippen LogP contribution in [0.5, 0.6) is 0 Å². The summed E-state index contributed by atoms with van der Waals surface area (Å²) in [4.78, 5) is 4.51. The van der Waals surface area contributed by atoms with Crippen LogP contribution in [0.4, 0.5) is 5.95 Å². The predicted molar refractivity (Wildman–Crippen MR) is 77.2 cm³/mol. The van der Waals surface area contributed by atoms with Crippen LogP contribution in [0, 0.1) is 0 Å². The van der Waals surface area contributed by atoms with Crippen molar-refractivity contribution in [1.29, 1.82) is 0 Å². The second-order valence-electron chi connectivity index (χ2n) is 4.40. The third-order valence-electron chi connectivity index (χ3n) is 3.05. The van der Waals surface area contributed by atoms with Gasteiger partial charge in [0.2, 0.25) is 5.95 Å². The molecule has 0 radical (unpaired) electrons. The SMILES string of the molecule is CCc1nnc(NCCc2ccccc2)nc1CC. The van der Waals surface area contributed by atoms with Crippen molar-refractivity contribution in [2.45, 2.75) is 33.1 Å². The lowest BCUT2D eigenvalue weighted by molar-refractivity contribution is 0.817. The van der Waals surface area contributed by atoms with E-state index in [1.54, 1.807) is 0 Å². The average Bonchev–Trinajstić information content (AvgIpc) is 2.48. The molecular weight excluding hydrogens is 236 g/mol. The molecule has 1 aromatic heterocycles. The summed E-state index contributed by atoms with van der Waals surface area (Å²) in [6, 6.07) is 10.4. The van der Waals surface area contributed by atoms with Crippen molar-refractivity contribution in [2.24, 2.45) is 0 Å². The van der Waals surface area contributed by atoms with Crippen LogP contribution in [0.25, 0.3) is 0 Å². The van der Waals surface area contributed by atoms with Crippen molar-refractivity contribution in [3.63, 3.8) is 0 Å². The minimum Gasteiger partial charge on any atom is -0.353 e. The Morgan fingerprint density at radius 3 is 2.37 bits per heavy atom. The fraction of sp³-hybridized carbons (Fsp3) is 0.400. The molecule has 0 fully saturated rings. The molecule has 0 atom stereocenters. The summed E-state index contributed by atoms with van der Waals surface area (Å²) >= 11 is 0. The van der Waals surface area contributed by atoms with E-state index < -0.39 is 0 Å². The van der Waals surface area contributed by atoms with E-state index in [-0.39, 0.29) is 0 Å². The molecule has 4 heteroatoms. The van der Waals surface area contributed by atoms with Gasteiger partial charge in [-0.3, -0.25) is 0 Å². The largest absolute Gasteiger partial charge is 0.353 e. The van der Waals surface area contributed by atoms with Crippen LogP contribution in [0.3, 0.4) is 0 Å². The van der Waals surface area contributed by atoms with Gasteiger partial charge >= 0.3 is 0 Å². The fourth-order valence-electron chi connectivity index (χ4n) is 1.98. The maximum absolute atomic E-state index is 4.51. The number of aromatic nitrogens is 3. The molecule has 1 aromatic carbocycles. The topological polar surface area (TPSA) is 50.7 Å². The molecular formula is C15H20N4. The smallest absolute Gasteiger partial charge is 0.242 e. The molecule has 0 saturated carbocycles. The molecule has 1 heterocycles. The highest BCUT2D eigenvalue weighted by molar-refractivity contribution is 5.26. The van der Waals surface area contributed by atoms with Crippen molar-refractivity contribution >= 4 is 5.95 Å². The first-order valence-corrected chi connectivity index (χ1v) is 6.83. The highest BCUT2D eigenvalue weighted by Gasteiger charge is 2.05. The number of aryl methyl sites for hydroxylation is 2. The van der Waals surface area contributed by atoms with Crippen molar-refractivity contribution in [3.8, 4) is 0 Å². The molecule has 19 heavy (non-hydrogen) atoms. The normalized spacial score (nSPS) is 10.4. The van der Waals surface area contributed by atoms with Gasteiger partial charge in [0.25, 0.3) is 0 Å². The fourth-order valence-corrected chi connectivity index (χ4v) is 1.98. The van der Waals surface area contributed by atoms with Gasteiger partial charge in [-0.15, -0.1) is 5.10 Å². The number of benzene rings is 1. The Labute approximate surface area is 114 Å². The predicted octanol–water partition coefficient (Wildman–Crippen LogP) is 2.65. The van der Waals surface area contributed by atoms with E-state index in [0.29, 0.717) is 5.95 Å². The van der Waals surface area contributed by atoms with Crippen LogP contribution in [0.2, 0.25) is 0 Å². The Hall–Kier alpha value is -1.97. The molecule has 2 aromatic rings. The first kappa shape index (κ1) is 13.5. The zero-order valence-corrected chi connectivity index (χ0v) is 11.6. The van der Waals surface area contributed by atoms with Gasteiger partial charge in [-0.1, -0.05) is 44.2 Å². The number of rotatable bonds is 6. The quantitative estimate of drug-likeness (QED) is 0.863. The second kappa shape index (κ2) is 6.83. The number of anilines is 1. The molecule has 0 amide bonds. The number of nitrogens with zero attached hydrogens (tertiary/aromatic N) is 3. The van der Waals surface area contributed by atoms with Crippen LogP contribution in [0.1, 0.15) is 30.8 Å². The number of hydrogen-bond acceptors (Lipinski definition) is 4. The van der Waals surface area contributed by atoms with E-state index in [1.165, 1.54) is 5.56 Å². The van der Waals surface area contributed by atoms with Crippen LogP contribution in [0.15, 0.2) is 30.3 Å². The average molecular weight is 256 g/mol. The van der Waals surface area contributed by atoms with Gasteiger partial charge < -0.3 is 5.32 Å². The van der Waals surface area contributed by atoms with E-state index >= 15 is 0 Å². The van der Waals surface area contributed by atoms with E-state index in [2.05, 4.69) is 58.6 Å². The van der Waals surface area contributed by atoms with Gasteiger partial charge in [0.1, 0.15) is 0 Å². The van der Waals surface area contributed by atoms with Gasteiger partial charge in [-0.2, -0.15) is 5.10 Å². The van der Waals surface area contributed by atoms with Crippen molar-refractivity contribution in [2.75, 3.05) is 11.9 Å². The minimum absolute atomic E-state index is 0.630. The first-order valence-electron chi connectivity index (χ1n) is 6.83. The molecule has 0 bridgehead atoms. The zero-order valence-electron chi connectivity index (χ0n) is 11.6. The standard InChI is InChI=1S/C15H20N4/c1-3-13-14(4-2)18-19-15(17-13)16-11-10-12-8-6-5-7-9-12/h5-9H,3-4,10-11H2,1-2H3,(H,16,17,19). The summed E-state index contributed by atoms with van der Waals surface area (Å²) < 4.78 is 0. The lowest BCUT2D eigenvalue weighted by Gasteiger charge is -2.07. The van der Waals surface area contributed by atoms with Crippen molar-refractivity contribution in [3.05, 3.63) is 47.3 Å². The Morgan fingerprint density at radius 1 is 0.947 bits per heavy atom. The van der Waals surface area contributed by atoms with Crippen LogP contribution >= 0.6 is 0 Å². The monoisotopic (exact) mass is 256 g/mol. The van der Waals surface area contributed by atoms with E-state index in [1.807, 2.05) is 6.07 Å². The van der Waals surface area contributed by atoms with Gasteiger partial charge in [-0.05, 0) is 24.8 Å². The zero-order chi connectivity index (χ0) is 13.5. The van der Waals surface area contributed by atoms with Gasteiger partial charge in [0, 0.05) is 6.54 Å². The molecule has 2 rings (SSSR count). The van der Waals surface area contributed by atoms with Crippen LogP contribution < -0.4 is 5.32 Å². The van der Waals surface area contributed by atoms with Crippen molar-refractivity contribution in [1.82, 2.24) is 15.2 Å². The molecule has 0 aliphatic heterocycles. The Kier molecular flexibility index (Phi) is 4.84. The maximum Gasteiger partial charge on any atom is 0.242 e. The molecule has 100 valence electrons. The molecule has 4 nitrogen and oxygen atoms in total. The van der Waals surface area contributed by atoms with Gasteiger partial charge in [0.15, 0.2) is 0 Å². The molecule has 0 unspecified atom stereocenters. The van der Waals surface area contributed by atoms with Crippen LogP contribution in [-0.4, -0.2) is 21.7 Å². The molecule has 0 aliphatic carbocycles. The first-order chi connectivity index (χ1) is 9.33. The van der Waals surface area contributed by atoms with Gasteiger partial charge in [-0.25, -0.2) is 4.98 Å². The maximum atomic E-state index is 4.51. The summed E-state index contributed by atoms with van der Waals surface area (Å²) in [6.07, 6.45) is 2.74. The second-order valence-corrected chi connectivity index (χ2v) is 4.40. The number of nitrogens with one attached hydrogen (secondary N) is 1. The third-order valence-corrected chi connectivity index (χ3v) is 3.05. The Morgan fingerprint density at radius 2 is 1.68 bits per heavy atom. The van der Waals surface area contributed by atoms with E-state index in [0.717, 1.165) is 37.2 Å². The summed E-state index contributed by atoms with van der Waals surface area (Å²) in [5.41, 5.74) is 3.35. The molecule has 1 N–H and O–H groups in total. The van der Waals surface area contributed by atoms with Crippen LogP contribution in [-0.2, 0) is 19.3 Å². The van der Waals surface area contributed by atoms with E-state index in [9.17, 15) is 0 Å². The lowest BCUT2D eigenvalue weighted by Crippen LogP contribution is -2.11. The van der Waals surface area contributed by atoms with Gasteiger partial charge in [0.05, 0.1) is 11.4 Å². The van der Waals surface area contributed by atoms with E-state index in [4.69, 9.17) is 0 Å². The number of hydrogen-bond donors (Lipinski definition) is 1. The Balaban J connectivity index is 1.93. The minimum atomic E-state index is 0.630. The van der Waals surface area contributed by atoms with Crippen molar-refractivity contribution < 1.29 is 0 Å². The summed E-state index contributed by atoms with van der Waals surface area (Å²) in [5, 5.41) is 11.6.